The second kappa shape index (κ2) is 7.92. The van der Waals surface area contributed by atoms with Gasteiger partial charge < -0.3 is 5.32 Å². The van der Waals surface area contributed by atoms with Crippen molar-refractivity contribution in [1.82, 2.24) is 5.32 Å². The molecule has 0 aliphatic carbocycles. The molecule has 5 nitrogen and oxygen atoms in total. The maximum atomic E-state index is 12.4. The van der Waals surface area contributed by atoms with E-state index in [0.717, 1.165) is 11.2 Å². The van der Waals surface area contributed by atoms with E-state index in [9.17, 15) is 13.2 Å². The van der Waals surface area contributed by atoms with Crippen molar-refractivity contribution in [3.8, 4) is 0 Å². The smallest absolute Gasteiger partial charge is 0.253 e. The van der Waals surface area contributed by atoms with Gasteiger partial charge in [0.1, 0.15) is 0 Å². The minimum Gasteiger partial charge on any atom is -0.348 e. The molecule has 0 saturated carbocycles. The zero-order valence-corrected chi connectivity index (χ0v) is 15.6. The second-order valence-corrected chi connectivity index (χ2v) is 8.10. The van der Waals surface area contributed by atoms with Gasteiger partial charge in [0.15, 0.2) is 0 Å². The van der Waals surface area contributed by atoms with Crippen LogP contribution < -0.4 is 10.0 Å². The highest BCUT2D eigenvalue weighted by Gasteiger charge is 2.13. The topological polar surface area (TPSA) is 75.3 Å². The molecule has 0 bridgehead atoms. The van der Waals surface area contributed by atoms with E-state index in [2.05, 4.69) is 10.0 Å². The number of sulfonamides is 1. The van der Waals surface area contributed by atoms with Crippen LogP contribution in [0.4, 0.5) is 5.69 Å². The van der Waals surface area contributed by atoms with Crippen LogP contribution in [0.15, 0.2) is 47.4 Å². The average Bonchev–Trinajstić information content (AvgIpc) is 2.53. The molecule has 24 heavy (non-hydrogen) atoms. The number of amides is 1. The SMILES string of the molecule is CSc1ccc(Cl)c(C(=O)NCc2ccccc2NS(C)(=O)=O)c1. The molecule has 0 aromatic heterocycles. The molecule has 0 spiro atoms. The molecular formula is C16H17ClN2O3S2. The first kappa shape index (κ1) is 18.6. The molecule has 2 aromatic carbocycles. The first-order valence-corrected chi connectivity index (χ1v) is 10.5. The van der Waals surface area contributed by atoms with E-state index in [-0.39, 0.29) is 12.5 Å². The Morgan fingerprint density at radius 2 is 1.92 bits per heavy atom. The third-order valence-electron chi connectivity index (χ3n) is 3.17. The van der Waals surface area contributed by atoms with E-state index in [4.69, 9.17) is 11.6 Å². The van der Waals surface area contributed by atoms with Gasteiger partial charge in [-0.3, -0.25) is 9.52 Å². The van der Waals surface area contributed by atoms with Crippen molar-refractivity contribution < 1.29 is 13.2 Å². The summed E-state index contributed by atoms with van der Waals surface area (Å²) in [6.45, 7) is 0.178. The second-order valence-electron chi connectivity index (χ2n) is 5.06. The van der Waals surface area contributed by atoms with Crippen LogP contribution in [0.1, 0.15) is 15.9 Å². The van der Waals surface area contributed by atoms with Crippen molar-refractivity contribution in [2.24, 2.45) is 0 Å². The van der Waals surface area contributed by atoms with Crippen molar-refractivity contribution in [3.05, 3.63) is 58.6 Å². The summed E-state index contributed by atoms with van der Waals surface area (Å²) in [6.07, 6.45) is 2.99. The highest BCUT2D eigenvalue weighted by molar-refractivity contribution is 7.98. The Morgan fingerprint density at radius 3 is 2.58 bits per heavy atom. The van der Waals surface area contributed by atoms with Crippen molar-refractivity contribution in [2.45, 2.75) is 11.4 Å². The summed E-state index contributed by atoms with van der Waals surface area (Å²) in [5.41, 5.74) is 1.48. The maximum Gasteiger partial charge on any atom is 0.253 e. The Bertz CT molecular complexity index is 854. The zero-order valence-electron chi connectivity index (χ0n) is 13.2. The van der Waals surface area contributed by atoms with E-state index in [1.165, 1.54) is 11.8 Å². The Hall–Kier alpha value is -1.70. The van der Waals surface area contributed by atoms with Gasteiger partial charge in [-0.15, -0.1) is 11.8 Å². The minimum absolute atomic E-state index is 0.178. The molecule has 8 heteroatoms. The van der Waals surface area contributed by atoms with Crippen LogP contribution in [0.5, 0.6) is 0 Å². The molecule has 0 fully saturated rings. The van der Waals surface area contributed by atoms with Gasteiger partial charge in [-0.25, -0.2) is 8.42 Å². The van der Waals surface area contributed by atoms with Gasteiger partial charge >= 0.3 is 0 Å². The van der Waals surface area contributed by atoms with Gasteiger partial charge in [0.2, 0.25) is 10.0 Å². The molecular weight excluding hydrogens is 368 g/mol. The lowest BCUT2D eigenvalue weighted by atomic mass is 10.1. The normalized spacial score (nSPS) is 11.1. The van der Waals surface area contributed by atoms with Gasteiger partial charge in [-0.05, 0) is 36.1 Å². The summed E-state index contributed by atoms with van der Waals surface area (Å²) in [7, 11) is -3.39. The van der Waals surface area contributed by atoms with Gasteiger partial charge in [0.05, 0.1) is 22.5 Å². The van der Waals surface area contributed by atoms with Gasteiger partial charge in [-0.2, -0.15) is 0 Å². The predicted molar refractivity (Wildman–Crippen MR) is 99.3 cm³/mol. The van der Waals surface area contributed by atoms with Crippen molar-refractivity contribution in [3.63, 3.8) is 0 Å². The van der Waals surface area contributed by atoms with E-state index < -0.39 is 10.0 Å². The molecule has 1 amide bonds. The number of benzene rings is 2. The summed E-state index contributed by atoms with van der Waals surface area (Å²) in [4.78, 5) is 13.3. The molecule has 128 valence electrons. The van der Waals surface area contributed by atoms with Gasteiger partial charge in [0, 0.05) is 11.4 Å². The Balaban J connectivity index is 2.15. The predicted octanol–water partition coefficient (Wildman–Crippen LogP) is 3.36. The van der Waals surface area contributed by atoms with E-state index in [0.29, 0.717) is 21.8 Å². The number of carbonyl (C=O) groups excluding carboxylic acids is 1. The van der Waals surface area contributed by atoms with E-state index in [1.807, 2.05) is 12.3 Å². The minimum atomic E-state index is -3.39. The fraction of sp³-hybridized carbons (Fsp3) is 0.188. The summed E-state index contributed by atoms with van der Waals surface area (Å²) in [6, 6.07) is 12.1. The number of halogens is 1. The Kier molecular flexibility index (Phi) is 6.15. The summed E-state index contributed by atoms with van der Waals surface area (Å²) >= 11 is 7.60. The lowest BCUT2D eigenvalue weighted by molar-refractivity contribution is 0.0951. The molecule has 0 aliphatic rings. The quantitative estimate of drug-likeness (QED) is 0.749. The van der Waals surface area contributed by atoms with Crippen LogP contribution in [0, 0.1) is 0 Å². The highest BCUT2D eigenvalue weighted by atomic mass is 35.5. The molecule has 0 heterocycles. The fourth-order valence-electron chi connectivity index (χ4n) is 2.05. The number of rotatable bonds is 6. The molecule has 2 aromatic rings. The number of anilines is 1. The van der Waals surface area contributed by atoms with Crippen LogP contribution in [0.2, 0.25) is 5.02 Å². The number of hydrogen-bond donors (Lipinski definition) is 2. The van der Waals surface area contributed by atoms with Crippen molar-refractivity contribution in [2.75, 3.05) is 17.2 Å². The van der Waals surface area contributed by atoms with Crippen LogP contribution in [0.25, 0.3) is 0 Å². The molecule has 0 radical (unpaired) electrons. The fourth-order valence-corrected chi connectivity index (χ4v) is 3.29. The van der Waals surface area contributed by atoms with Gasteiger partial charge in [-0.1, -0.05) is 29.8 Å². The number of hydrogen-bond acceptors (Lipinski definition) is 4. The number of thioether (sulfide) groups is 1. The number of carbonyl (C=O) groups is 1. The molecule has 2 rings (SSSR count). The van der Waals surface area contributed by atoms with Crippen LogP contribution in [0.3, 0.4) is 0 Å². The molecule has 0 unspecified atom stereocenters. The van der Waals surface area contributed by atoms with Crippen LogP contribution in [-0.2, 0) is 16.6 Å². The van der Waals surface area contributed by atoms with Crippen molar-refractivity contribution >= 4 is 45.0 Å². The van der Waals surface area contributed by atoms with Crippen LogP contribution in [-0.4, -0.2) is 26.8 Å². The number of nitrogens with one attached hydrogen (secondary N) is 2. The first-order valence-electron chi connectivity index (χ1n) is 6.97. The molecule has 0 aliphatic heterocycles. The maximum absolute atomic E-state index is 12.4. The van der Waals surface area contributed by atoms with Crippen molar-refractivity contribution in [1.29, 1.82) is 0 Å². The largest absolute Gasteiger partial charge is 0.348 e. The lowest BCUT2D eigenvalue weighted by Gasteiger charge is -2.12. The average molecular weight is 385 g/mol. The monoisotopic (exact) mass is 384 g/mol. The zero-order chi connectivity index (χ0) is 17.7. The molecule has 2 N–H and O–H groups in total. The molecule has 0 saturated heterocycles. The Morgan fingerprint density at radius 1 is 1.21 bits per heavy atom. The summed E-state index contributed by atoms with van der Waals surface area (Å²) in [5, 5.41) is 3.13. The number of para-hydroxylation sites is 1. The van der Waals surface area contributed by atoms with Crippen LogP contribution >= 0.6 is 23.4 Å². The highest BCUT2D eigenvalue weighted by Crippen LogP contribution is 2.23. The summed E-state index contributed by atoms with van der Waals surface area (Å²) in [5.74, 6) is -0.315. The standard InChI is InChI=1S/C16H17ClN2O3S2/c1-23-12-7-8-14(17)13(9-12)16(20)18-10-11-5-3-4-6-15(11)19-24(2,21)22/h3-9,19H,10H2,1-2H3,(H,18,20). The first-order chi connectivity index (χ1) is 11.3. The molecule has 0 atom stereocenters. The Labute approximate surface area is 150 Å². The van der Waals surface area contributed by atoms with E-state index >= 15 is 0 Å². The third kappa shape index (κ3) is 5.15. The summed E-state index contributed by atoms with van der Waals surface area (Å²) < 4.78 is 25.3. The van der Waals surface area contributed by atoms with Gasteiger partial charge in [0.25, 0.3) is 5.91 Å². The third-order valence-corrected chi connectivity index (χ3v) is 4.82. The lowest BCUT2D eigenvalue weighted by Crippen LogP contribution is -2.24. The van der Waals surface area contributed by atoms with E-state index in [1.54, 1.807) is 36.4 Å².